The highest BCUT2D eigenvalue weighted by Gasteiger charge is 2.60. The molecule has 5 rings (SSSR count). The van der Waals surface area contributed by atoms with E-state index in [0.29, 0.717) is 10.7 Å². The Morgan fingerprint density at radius 2 is 1.61 bits per heavy atom. The molecule has 3 heterocycles. The Kier molecular flexibility index (Phi) is 4.19. The van der Waals surface area contributed by atoms with Crippen molar-refractivity contribution in [2.75, 3.05) is 9.96 Å². The number of halogens is 1. The van der Waals surface area contributed by atoms with E-state index in [9.17, 15) is 9.59 Å². The number of benzene rings is 2. The molecular formula is C21H15ClN2O3S. The normalized spacial score (nSPS) is 24.1. The molecule has 0 radical (unpaired) electrons. The second-order valence-electron chi connectivity index (χ2n) is 6.66. The van der Waals surface area contributed by atoms with Crippen molar-refractivity contribution in [2.45, 2.75) is 12.1 Å². The van der Waals surface area contributed by atoms with E-state index in [1.807, 2.05) is 47.8 Å². The predicted molar refractivity (Wildman–Crippen MR) is 108 cm³/mol. The van der Waals surface area contributed by atoms with Gasteiger partial charge in [-0.2, -0.15) is 0 Å². The number of hydroxylamine groups is 1. The van der Waals surface area contributed by atoms with Gasteiger partial charge in [0.05, 0.1) is 11.4 Å². The van der Waals surface area contributed by atoms with Crippen molar-refractivity contribution < 1.29 is 14.4 Å². The highest BCUT2D eigenvalue weighted by molar-refractivity contribution is 7.10. The highest BCUT2D eigenvalue weighted by atomic mass is 35.5. The van der Waals surface area contributed by atoms with Crippen LogP contribution in [0.4, 0.5) is 11.4 Å². The van der Waals surface area contributed by atoms with Gasteiger partial charge in [-0.15, -0.1) is 11.3 Å². The minimum Gasteiger partial charge on any atom is -0.273 e. The van der Waals surface area contributed by atoms with Gasteiger partial charge < -0.3 is 0 Å². The second-order valence-corrected chi connectivity index (χ2v) is 8.08. The van der Waals surface area contributed by atoms with Crippen LogP contribution in [0.15, 0.2) is 72.1 Å². The van der Waals surface area contributed by atoms with Gasteiger partial charge in [0.2, 0.25) is 5.91 Å². The van der Waals surface area contributed by atoms with Crippen LogP contribution in [-0.4, -0.2) is 17.9 Å². The maximum absolute atomic E-state index is 13.3. The topological polar surface area (TPSA) is 49.9 Å². The molecular weight excluding hydrogens is 396 g/mol. The SMILES string of the molecule is O=C1[C@@H]2[C@@H](ON(c3ccccc3)[C@H]2c2cccs2)C(=O)N1c1ccc(Cl)cc1. The predicted octanol–water partition coefficient (Wildman–Crippen LogP) is 4.45. The molecule has 2 fully saturated rings. The lowest BCUT2D eigenvalue weighted by Gasteiger charge is -2.27. The van der Waals surface area contributed by atoms with E-state index in [1.165, 1.54) is 4.90 Å². The summed E-state index contributed by atoms with van der Waals surface area (Å²) in [6.45, 7) is 0. The van der Waals surface area contributed by atoms with Gasteiger partial charge >= 0.3 is 0 Å². The van der Waals surface area contributed by atoms with Crippen LogP contribution in [0.2, 0.25) is 5.02 Å². The van der Waals surface area contributed by atoms with E-state index >= 15 is 0 Å². The van der Waals surface area contributed by atoms with Crippen molar-refractivity contribution >= 4 is 46.1 Å². The van der Waals surface area contributed by atoms with Gasteiger partial charge in [-0.1, -0.05) is 35.9 Å². The van der Waals surface area contributed by atoms with Gasteiger partial charge in [0.1, 0.15) is 12.0 Å². The van der Waals surface area contributed by atoms with Crippen LogP contribution in [0.3, 0.4) is 0 Å². The number of hydrogen-bond donors (Lipinski definition) is 0. The summed E-state index contributed by atoms with van der Waals surface area (Å²) in [5.41, 5.74) is 1.32. The number of anilines is 2. The lowest BCUT2D eigenvalue weighted by Crippen LogP contribution is -2.37. The molecule has 5 nitrogen and oxygen atoms in total. The Labute approximate surface area is 170 Å². The van der Waals surface area contributed by atoms with Crippen LogP contribution >= 0.6 is 22.9 Å². The Balaban J connectivity index is 1.56. The molecule has 3 atom stereocenters. The fourth-order valence-corrected chi connectivity index (χ4v) is 4.79. The van der Waals surface area contributed by atoms with E-state index in [1.54, 1.807) is 40.7 Å². The van der Waals surface area contributed by atoms with Crippen LogP contribution in [0.25, 0.3) is 0 Å². The molecule has 28 heavy (non-hydrogen) atoms. The van der Waals surface area contributed by atoms with Crippen LogP contribution in [0.1, 0.15) is 10.9 Å². The number of thiophene rings is 1. The molecule has 2 amide bonds. The molecule has 0 bridgehead atoms. The lowest BCUT2D eigenvalue weighted by molar-refractivity contribution is -0.126. The van der Waals surface area contributed by atoms with Gasteiger partial charge in [0.25, 0.3) is 5.91 Å². The third-order valence-corrected chi connectivity index (χ3v) is 6.24. The molecule has 7 heteroatoms. The van der Waals surface area contributed by atoms with E-state index in [-0.39, 0.29) is 17.9 Å². The zero-order chi connectivity index (χ0) is 19.3. The average Bonchev–Trinajstić information content (AvgIpc) is 3.42. The largest absolute Gasteiger partial charge is 0.273 e. The number of amides is 2. The number of para-hydroxylation sites is 1. The summed E-state index contributed by atoms with van der Waals surface area (Å²) < 4.78 is 0. The van der Waals surface area contributed by atoms with Crippen LogP contribution in [0, 0.1) is 5.92 Å². The summed E-state index contributed by atoms with van der Waals surface area (Å²) in [6.07, 6.45) is -0.851. The first kappa shape index (κ1) is 17.4. The third kappa shape index (κ3) is 2.64. The van der Waals surface area contributed by atoms with Gasteiger partial charge in [0.15, 0.2) is 6.10 Å². The summed E-state index contributed by atoms with van der Waals surface area (Å²) in [5, 5.41) is 4.21. The first-order valence-corrected chi connectivity index (χ1v) is 10.1. The first-order chi connectivity index (χ1) is 13.6. The molecule has 3 aromatic rings. The standard InChI is InChI=1S/C21H15ClN2O3S/c22-13-8-10-14(11-9-13)23-20(25)17-18(16-7-4-12-28-16)24(27-19(17)21(23)26)15-5-2-1-3-6-15/h1-12,17-19H/t17-,18-,19+/m0/s1. The Morgan fingerprint density at radius 3 is 2.29 bits per heavy atom. The summed E-state index contributed by atoms with van der Waals surface area (Å²) in [7, 11) is 0. The first-order valence-electron chi connectivity index (χ1n) is 8.83. The van der Waals surface area contributed by atoms with Crippen molar-refractivity contribution in [3.63, 3.8) is 0 Å². The maximum Gasteiger partial charge on any atom is 0.266 e. The smallest absolute Gasteiger partial charge is 0.266 e. The quantitative estimate of drug-likeness (QED) is 0.598. The fraction of sp³-hybridized carbons (Fsp3) is 0.143. The molecule has 0 saturated carbocycles. The molecule has 2 saturated heterocycles. The molecule has 1 aromatic heterocycles. The third-order valence-electron chi connectivity index (χ3n) is 5.05. The fourth-order valence-electron chi connectivity index (χ4n) is 3.81. The van der Waals surface area contributed by atoms with Crippen LogP contribution in [-0.2, 0) is 14.4 Å². The van der Waals surface area contributed by atoms with E-state index < -0.39 is 12.0 Å². The number of carbonyl (C=O) groups excluding carboxylic acids is 2. The highest BCUT2D eigenvalue weighted by Crippen LogP contribution is 2.48. The minimum absolute atomic E-state index is 0.255. The molecule has 2 aromatic carbocycles. The summed E-state index contributed by atoms with van der Waals surface area (Å²) >= 11 is 7.49. The van der Waals surface area contributed by atoms with Gasteiger partial charge in [-0.25, -0.2) is 9.96 Å². The molecule has 0 spiro atoms. The molecule has 140 valence electrons. The number of rotatable bonds is 3. The molecule has 2 aliphatic heterocycles. The van der Waals surface area contributed by atoms with E-state index in [4.69, 9.17) is 16.4 Å². The van der Waals surface area contributed by atoms with Crippen molar-refractivity contribution in [2.24, 2.45) is 5.92 Å². The minimum atomic E-state index is -0.851. The second kappa shape index (κ2) is 6.74. The summed E-state index contributed by atoms with van der Waals surface area (Å²) in [6, 6.07) is 19.8. The van der Waals surface area contributed by atoms with Gasteiger partial charge in [-0.05, 0) is 47.8 Å². The maximum atomic E-state index is 13.3. The molecule has 2 aliphatic rings. The van der Waals surface area contributed by atoms with Crippen molar-refractivity contribution in [1.82, 2.24) is 0 Å². The molecule has 0 N–H and O–H groups in total. The lowest BCUT2D eigenvalue weighted by atomic mass is 9.95. The molecule has 0 unspecified atom stereocenters. The number of nitrogens with zero attached hydrogens (tertiary/aromatic N) is 2. The van der Waals surface area contributed by atoms with Crippen molar-refractivity contribution in [1.29, 1.82) is 0 Å². The van der Waals surface area contributed by atoms with E-state index in [0.717, 1.165) is 10.6 Å². The number of imide groups is 1. The Hall–Kier alpha value is -2.67. The monoisotopic (exact) mass is 410 g/mol. The summed E-state index contributed by atoms with van der Waals surface area (Å²) in [5.74, 6) is -1.21. The number of hydrogen-bond acceptors (Lipinski definition) is 5. The number of fused-ring (bicyclic) bond motifs is 1. The number of carbonyl (C=O) groups is 2. The van der Waals surface area contributed by atoms with Crippen LogP contribution < -0.4 is 9.96 Å². The summed E-state index contributed by atoms with van der Waals surface area (Å²) in [4.78, 5) is 34.7. The van der Waals surface area contributed by atoms with E-state index in [2.05, 4.69) is 0 Å². The van der Waals surface area contributed by atoms with Crippen molar-refractivity contribution in [3.05, 3.63) is 82.0 Å². The van der Waals surface area contributed by atoms with Crippen molar-refractivity contribution in [3.8, 4) is 0 Å². The zero-order valence-corrected chi connectivity index (χ0v) is 16.1. The van der Waals surface area contributed by atoms with Gasteiger partial charge in [-0.3, -0.25) is 14.4 Å². The zero-order valence-electron chi connectivity index (χ0n) is 14.6. The van der Waals surface area contributed by atoms with Gasteiger partial charge in [0, 0.05) is 9.90 Å². The average molecular weight is 411 g/mol. The Bertz CT molecular complexity index is 1020. The Morgan fingerprint density at radius 1 is 0.857 bits per heavy atom. The molecule has 0 aliphatic carbocycles. The van der Waals surface area contributed by atoms with Crippen LogP contribution in [0.5, 0.6) is 0 Å².